The Balaban J connectivity index is 1.97. The Morgan fingerprint density at radius 3 is 2.59 bits per heavy atom. The molecule has 0 atom stereocenters. The van der Waals surface area contributed by atoms with Crippen LogP contribution in [0.4, 0.5) is 10.5 Å². The van der Waals surface area contributed by atoms with Gasteiger partial charge in [0.25, 0.3) is 0 Å². The lowest BCUT2D eigenvalue weighted by molar-refractivity contribution is 0.251. The summed E-state index contributed by atoms with van der Waals surface area (Å²) in [5.74, 6) is 1.22. The van der Waals surface area contributed by atoms with Gasteiger partial charge >= 0.3 is 6.03 Å². The van der Waals surface area contributed by atoms with Gasteiger partial charge in [-0.05, 0) is 24.6 Å². The Bertz CT molecular complexity index is 656. The second-order valence-electron chi connectivity index (χ2n) is 4.86. The second-order valence-corrected chi connectivity index (χ2v) is 4.86. The van der Waals surface area contributed by atoms with E-state index in [0.29, 0.717) is 23.7 Å². The molecular formula is C17H20N2O3. The minimum Gasteiger partial charge on any atom is -0.497 e. The van der Waals surface area contributed by atoms with Gasteiger partial charge < -0.3 is 20.1 Å². The lowest BCUT2D eigenvalue weighted by Gasteiger charge is -2.12. The maximum Gasteiger partial charge on any atom is 0.319 e. The molecule has 5 heteroatoms. The van der Waals surface area contributed by atoms with Crippen molar-refractivity contribution in [3.8, 4) is 11.5 Å². The average Bonchev–Trinajstić information content (AvgIpc) is 2.53. The third-order valence-electron chi connectivity index (χ3n) is 3.19. The van der Waals surface area contributed by atoms with Gasteiger partial charge in [0.1, 0.15) is 11.5 Å². The van der Waals surface area contributed by atoms with Crippen molar-refractivity contribution in [3.63, 3.8) is 0 Å². The van der Waals surface area contributed by atoms with Crippen molar-refractivity contribution in [1.82, 2.24) is 5.32 Å². The molecule has 0 spiro atoms. The number of anilines is 1. The zero-order valence-electron chi connectivity index (χ0n) is 13.0. The summed E-state index contributed by atoms with van der Waals surface area (Å²) in [5.41, 5.74) is 2.80. The fourth-order valence-corrected chi connectivity index (χ4v) is 2.07. The average molecular weight is 300 g/mol. The van der Waals surface area contributed by atoms with E-state index >= 15 is 0 Å². The number of ether oxygens (including phenoxy) is 2. The Labute approximate surface area is 130 Å². The van der Waals surface area contributed by atoms with Crippen LogP contribution < -0.4 is 20.1 Å². The van der Waals surface area contributed by atoms with Crippen molar-refractivity contribution in [2.45, 2.75) is 13.5 Å². The molecule has 22 heavy (non-hydrogen) atoms. The van der Waals surface area contributed by atoms with Gasteiger partial charge in [-0.2, -0.15) is 0 Å². The SMILES string of the molecule is COc1ccc(NC(=O)NCc2cccc(C)c2)c(OC)c1. The van der Waals surface area contributed by atoms with Crippen LogP contribution in [-0.4, -0.2) is 20.3 Å². The molecule has 0 saturated heterocycles. The molecule has 2 N–H and O–H groups in total. The number of nitrogens with one attached hydrogen (secondary N) is 2. The van der Waals surface area contributed by atoms with Crippen LogP contribution in [0, 0.1) is 6.92 Å². The molecule has 0 aliphatic carbocycles. The predicted octanol–water partition coefficient (Wildman–Crippen LogP) is 3.33. The maximum absolute atomic E-state index is 12.0. The molecule has 2 rings (SSSR count). The number of benzene rings is 2. The van der Waals surface area contributed by atoms with Gasteiger partial charge in [-0.3, -0.25) is 0 Å². The Kier molecular flexibility index (Phi) is 5.25. The van der Waals surface area contributed by atoms with Crippen molar-refractivity contribution >= 4 is 11.7 Å². The summed E-state index contributed by atoms with van der Waals surface area (Å²) in [6.07, 6.45) is 0. The van der Waals surface area contributed by atoms with Gasteiger partial charge in [0.05, 0.1) is 19.9 Å². The van der Waals surface area contributed by atoms with Crippen LogP contribution in [-0.2, 0) is 6.54 Å². The number of carbonyl (C=O) groups excluding carboxylic acids is 1. The van der Waals surface area contributed by atoms with Crippen molar-refractivity contribution in [2.75, 3.05) is 19.5 Å². The molecule has 116 valence electrons. The number of rotatable bonds is 5. The van der Waals surface area contributed by atoms with Gasteiger partial charge in [-0.1, -0.05) is 29.8 Å². The molecule has 2 aromatic carbocycles. The van der Waals surface area contributed by atoms with Gasteiger partial charge in [0, 0.05) is 12.6 Å². The number of carbonyl (C=O) groups is 1. The summed E-state index contributed by atoms with van der Waals surface area (Å²) in [5, 5.41) is 5.58. The molecule has 0 unspecified atom stereocenters. The third kappa shape index (κ3) is 4.15. The van der Waals surface area contributed by atoms with E-state index in [1.54, 1.807) is 32.4 Å². The summed E-state index contributed by atoms with van der Waals surface area (Å²) in [7, 11) is 3.13. The van der Waals surface area contributed by atoms with Gasteiger partial charge in [0.2, 0.25) is 0 Å². The second kappa shape index (κ2) is 7.36. The fraction of sp³-hybridized carbons (Fsp3) is 0.235. The Hall–Kier alpha value is -2.69. The molecule has 0 aliphatic heterocycles. The van der Waals surface area contributed by atoms with Crippen molar-refractivity contribution < 1.29 is 14.3 Å². The normalized spacial score (nSPS) is 9.95. The molecule has 0 heterocycles. The molecular weight excluding hydrogens is 280 g/mol. The molecule has 0 aromatic heterocycles. The first-order chi connectivity index (χ1) is 10.6. The molecule has 0 radical (unpaired) electrons. The first kappa shape index (κ1) is 15.7. The Morgan fingerprint density at radius 1 is 1.09 bits per heavy atom. The molecule has 0 saturated carbocycles. The van der Waals surface area contributed by atoms with Crippen LogP contribution in [0.25, 0.3) is 0 Å². The largest absolute Gasteiger partial charge is 0.497 e. The van der Waals surface area contributed by atoms with E-state index < -0.39 is 0 Å². The van der Waals surface area contributed by atoms with Gasteiger partial charge in [-0.15, -0.1) is 0 Å². The van der Waals surface area contributed by atoms with Crippen LogP contribution in [0.3, 0.4) is 0 Å². The van der Waals surface area contributed by atoms with Crippen LogP contribution in [0.1, 0.15) is 11.1 Å². The minimum absolute atomic E-state index is 0.287. The predicted molar refractivity (Wildman–Crippen MR) is 86.6 cm³/mol. The zero-order chi connectivity index (χ0) is 15.9. The van der Waals surface area contributed by atoms with E-state index in [2.05, 4.69) is 10.6 Å². The summed E-state index contributed by atoms with van der Waals surface area (Å²) < 4.78 is 10.4. The zero-order valence-corrected chi connectivity index (χ0v) is 13.0. The van der Waals surface area contributed by atoms with Gasteiger partial charge in [0.15, 0.2) is 0 Å². The van der Waals surface area contributed by atoms with Crippen molar-refractivity contribution in [3.05, 3.63) is 53.6 Å². The highest BCUT2D eigenvalue weighted by Crippen LogP contribution is 2.28. The monoisotopic (exact) mass is 300 g/mol. The highest BCUT2D eigenvalue weighted by molar-refractivity contribution is 5.91. The third-order valence-corrected chi connectivity index (χ3v) is 3.19. The van der Waals surface area contributed by atoms with Crippen LogP contribution in [0.2, 0.25) is 0 Å². The number of methoxy groups -OCH3 is 2. The highest BCUT2D eigenvalue weighted by Gasteiger charge is 2.08. The van der Waals surface area contributed by atoms with E-state index in [4.69, 9.17) is 9.47 Å². The van der Waals surface area contributed by atoms with Crippen LogP contribution in [0.15, 0.2) is 42.5 Å². The summed E-state index contributed by atoms with van der Waals surface area (Å²) in [4.78, 5) is 12.0. The van der Waals surface area contributed by atoms with Crippen LogP contribution >= 0.6 is 0 Å². The number of aryl methyl sites for hydroxylation is 1. The minimum atomic E-state index is -0.287. The van der Waals surface area contributed by atoms with E-state index in [1.165, 1.54) is 0 Å². The maximum atomic E-state index is 12.0. The molecule has 5 nitrogen and oxygen atoms in total. The number of urea groups is 1. The first-order valence-corrected chi connectivity index (χ1v) is 6.95. The molecule has 0 fully saturated rings. The lowest BCUT2D eigenvalue weighted by atomic mass is 10.1. The van der Waals surface area contributed by atoms with E-state index in [1.807, 2.05) is 31.2 Å². The highest BCUT2D eigenvalue weighted by atomic mass is 16.5. The standard InChI is InChI=1S/C17H20N2O3/c1-12-5-4-6-13(9-12)11-18-17(20)19-15-8-7-14(21-2)10-16(15)22-3/h4-10H,11H2,1-3H3,(H2,18,19,20). The fourth-order valence-electron chi connectivity index (χ4n) is 2.07. The molecule has 0 aliphatic rings. The number of hydrogen-bond donors (Lipinski definition) is 2. The van der Waals surface area contributed by atoms with E-state index in [9.17, 15) is 4.79 Å². The quantitative estimate of drug-likeness (QED) is 0.890. The smallest absolute Gasteiger partial charge is 0.319 e. The summed E-state index contributed by atoms with van der Waals surface area (Å²) in [6.45, 7) is 2.48. The summed E-state index contributed by atoms with van der Waals surface area (Å²) in [6, 6.07) is 12.9. The Morgan fingerprint density at radius 2 is 1.91 bits per heavy atom. The number of amides is 2. The first-order valence-electron chi connectivity index (χ1n) is 6.95. The lowest BCUT2D eigenvalue weighted by Crippen LogP contribution is -2.28. The topological polar surface area (TPSA) is 59.6 Å². The number of hydrogen-bond acceptors (Lipinski definition) is 3. The van der Waals surface area contributed by atoms with Crippen molar-refractivity contribution in [2.24, 2.45) is 0 Å². The van der Waals surface area contributed by atoms with E-state index in [0.717, 1.165) is 11.1 Å². The summed E-state index contributed by atoms with van der Waals surface area (Å²) >= 11 is 0. The molecule has 2 amide bonds. The molecule has 2 aromatic rings. The van der Waals surface area contributed by atoms with Gasteiger partial charge in [-0.25, -0.2) is 4.79 Å². The van der Waals surface area contributed by atoms with E-state index in [-0.39, 0.29) is 6.03 Å². The molecule has 0 bridgehead atoms. The van der Waals surface area contributed by atoms with Crippen LogP contribution in [0.5, 0.6) is 11.5 Å². The van der Waals surface area contributed by atoms with Crippen molar-refractivity contribution in [1.29, 1.82) is 0 Å².